The molecule has 2 aliphatic heterocycles. The van der Waals surface area contributed by atoms with Crippen molar-refractivity contribution < 1.29 is 23.9 Å². The van der Waals surface area contributed by atoms with Crippen molar-refractivity contribution in [2.75, 3.05) is 13.2 Å². The highest BCUT2D eigenvalue weighted by Gasteiger charge is 2.31. The molecule has 1 fully saturated rings. The van der Waals surface area contributed by atoms with E-state index in [4.69, 9.17) is 9.47 Å². The van der Waals surface area contributed by atoms with Crippen molar-refractivity contribution in [3.05, 3.63) is 34.9 Å². The molecule has 1 aromatic rings. The molecular formula is C29H45N3O5. The highest BCUT2D eigenvalue weighted by molar-refractivity contribution is 5.69. The zero-order valence-electron chi connectivity index (χ0n) is 23.4. The third-order valence-electron chi connectivity index (χ3n) is 7.67. The molecule has 0 saturated carbocycles. The molecule has 1 unspecified atom stereocenters. The Morgan fingerprint density at radius 1 is 1.19 bits per heavy atom. The third kappa shape index (κ3) is 8.45. The lowest BCUT2D eigenvalue weighted by molar-refractivity contribution is -0.109. The largest absolute Gasteiger partial charge is 0.449 e. The Morgan fingerprint density at radius 3 is 2.62 bits per heavy atom. The van der Waals surface area contributed by atoms with Crippen molar-refractivity contribution in [3.8, 4) is 0 Å². The van der Waals surface area contributed by atoms with E-state index in [9.17, 15) is 14.4 Å². The molecule has 3 atom stereocenters. The number of rotatable bonds is 10. The van der Waals surface area contributed by atoms with Crippen LogP contribution in [0.5, 0.6) is 0 Å². The van der Waals surface area contributed by atoms with Crippen molar-refractivity contribution in [2.24, 2.45) is 10.8 Å². The molecule has 0 spiro atoms. The van der Waals surface area contributed by atoms with E-state index in [-0.39, 0.29) is 41.2 Å². The summed E-state index contributed by atoms with van der Waals surface area (Å²) in [4.78, 5) is 37.6. The standard InChI is InChI=1S/C29H45N3O5/c1-20(28(2,3)4)31-26(34)36-19-29(5,6)13-8-7-10-21-11-9-12-22-16-32(17-25(21)22)27(35)37-24-14-23(18-33)30-15-24/h9,11-12,18,20,23-24,30H,7-8,10,13-17,19H2,1-6H3,(H,31,34)/t20?,23-,24+/m0/s1. The first-order chi connectivity index (χ1) is 17.4. The van der Waals surface area contributed by atoms with Gasteiger partial charge in [-0.25, -0.2) is 9.59 Å². The van der Waals surface area contributed by atoms with E-state index in [1.54, 1.807) is 4.90 Å². The van der Waals surface area contributed by atoms with E-state index in [0.29, 0.717) is 32.7 Å². The number of alkyl carbamates (subject to hydrolysis) is 1. The molecule has 8 heteroatoms. The molecule has 1 aromatic carbocycles. The van der Waals surface area contributed by atoms with Crippen molar-refractivity contribution in [3.63, 3.8) is 0 Å². The average Bonchev–Trinajstić information content (AvgIpc) is 3.47. The second-order valence-corrected chi connectivity index (χ2v) is 12.5. The lowest BCUT2D eigenvalue weighted by atomic mass is 9.87. The molecule has 2 aliphatic rings. The van der Waals surface area contributed by atoms with Gasteiger partial charge in [-0.05, 0) is 53.7 Å². The summed E-state index contributed by atoms with van der Waals surface area (Å²) in [5.41, 5.74) is 3.56. The van der Waals surface area contributed by atoms with Gasteiger partial charge in [-0.15, -0.1) is 0 Å². The van der Waals surface area contributed by atoms with E-state index >= 15 is 0 Å². The van der Waals surface area contributed by atoms with Gasteiger partial charge in [0, 0.05) is 32.1 Å². The van der Waals surface area contributed by atoms with Crippen LogP contribution in [-0.4, -0.2) is 54.7 Å². The van der Waals surface area contributed by atoms with Gasteiger partial charge in [-0.1, -0.05) is 59.2 Å². The number of fused-ring (bicyclic) bond motifs is 1. The van der Waals surface area contributed by atoms with Crippen LogP contribution in [0.2, 0.25) is 0 Å². The number of aryl methyl sites for hydroxylation is 1. The molecule has 2 amide bonds. The summed E-state index contributed by atoms with van der Waals surface area (Å²) < 4.78 is 11.2. The number of unbranched alkanes of at least 4 members (excludes halogenated alkanes) is 1. The van der Waals surface area contributed by atoms with Crippen molar-refractivity contribution in [2.45, 2.75) is 105 Å². The molecule has 0 bridgehead atoms. The first kappa shape index (κ1) is 29.0. The van der Waals surface area contributed by atoms with Crippen molar-refractivity contribution >= 4 is 18.5 Å². The summed E-state index contributed by atoms with van der Waals surface area (Å²) in [7, 11) is 0. The summed E-state index contributed by atoms with van der Waals surface area (Å²) in [5.74, 6) is 0. The SMILES string of the molecule is CC(NC(=O)OCC(C)(C)CCCCc1cccc2c1CN(C(=O)O[C@H]1CN[C@H](C=O)C1)C2)C(C)(C)C. The minimum atomic E-state index is -0.355. The van der Waals surface area contributed by atoms with Crippen LogP contribution >= 0.6 is 0 Å². The number of ether oxygens (including phenoxy) is 2. The third-order valence-corrected chi connectivity index (χ3v) is 7.67. The molecule has 0 aromatic heterocycles. The van der Waals surface area contributed by atoms with Crippen LogP contribution in [0.15, 0.2) is 18.2 Å². The highest BCUT2D eigenvalue weighted by atomic mass is 16.6. The number of benzene rings is 1. The zero-order chi connectivity index (χ0) is 27.2. The van der Waals surface area contributed by atoms with Gasteiger partial charge in [0.15, 0.2) is 0 Å². The summed E-state index contributed by atoms with van der Waals surface area (Å²) in [6.07, 6.45) is 4.42. The maximum atomic E-state index is 12.7. The van der Waals surface area contributed by atoms with Crippen LogP contribution < -0.4 is 10.6 Å². The summed E-state index contributed by atoms with van der Waals surface area (Å²) in [6, 6.07) is 6.10. The fourth-order valence-corrected chi connectivity index (χ4v) is 4.69. The number of nitrogens with one attached hydrogen (secondary N) is 2. The number of hydrogen-bond donors (Lipinski definition) is 2. The highest BCUT2D eigenvalue weighted by Crippen LogP contribution is 2.30. The van der Waals surface area contributed by atoms with Gasteiger partial charge in [-0.3, -0.25) is 4.90 Å². The lowest BCUT2D eigenvalue weighted by Crippen LogP contribution is -2.42. The Labute approximate surface area is 221 Å². The first-order valence-electron chi connectivity index (χ1n) is 13.5. The van der Waals surface area contributed by atoms with Gasteiger partial charge in [0.25, 0.3) is 0 Å². The minimum absolute atomic E-state index is 0.0162. The van der Waals surface area contributed by atoms with Crippen LogP contribution in [-0.2, 0) is 33.8 Å². The molecular weight excluding hydrogens is 470 g/mol. The zero-order valence-corrected chi connectivity index (χ0v) is 23.4. The topological polar surface area (TPSA) is 97.0 Å². The fraction of sp³-hybridized carbons (Fsp3) is 0.690. The van der Waals surface area contributed by atoms with E-state index in [2.05, 4.69) is 63.5 Å². The second kappa shape index (κ2) is 12.3. The quantitative estimate of drug-likeness (QED) is 0.337. The molecule has 206 valence electrons. The molecule has 8 nitrogen and oxygen atoms in total. The lowest BCUT2D eigenvalue weighted by Gasteiger charge is -2.29. The molecule has 2 N–H and O–H groups in total. The Kier molecular flexibility index (Phi) is 9.62. The van der Waals surface area contributed by atoms with Crippen LogP contribution in [0.1, 0.15) is 83.9 Å². The van der Waals surface area contributed by atoms with Crippen LogP contribution in [0, 0.1) is 10.8 Å². The Balaban J connectivity index is 1.41. The number of nitrogens with zero attached hydrogens (tertiary/aromatic N) is 1. The van der Waals surface area contributed by atoms with E-state index in [0.717, 1.165) is 32.0 Å². The van der Waals surface area contributed by atoms with E-state index in [1.807, 2.05) is 6.92 Å². The van der Waals surface area contributed by atoms with Gasteiger partial charge in [0.1, 0.15) is 12.4 Å². The van der Waals surface area contributed by atoms with Gasteiger partial charge >= 0.3 is 12.2 Å². The smallest absolute Gasteiger partial charge is 0.410 e. The molecule has 37 heavy (non-hydrogen) atoms. The van der Waals surface area contributed by atoms with Crippen LogP contribution in [0.25, 0.3) is 0 Å². The van der Waals surface area contributed by atoms with Crippen molar-refractivity contribution in [1.29, 1.82) is 0 Å². The predicted octanol–water partition coefficient (Wildman–Crippen LogP) is 4.97. The summed E-state index contributed by atoms with van der Waals surface area (Å²) >= 11 is 0. The predicted molar refractivity (Wildman–Crippen MR) is 143 cm³/mol. The molecule has 1 saturated heterocycles. The van der Waals surface area contributed by atoms with E-state index < -0.39 is 0 Å². The molecule has 0 radical (unpaired) electrons. The Morgan fingerprint density at radius 2 is 1.95 bits per heavy atom. The second-order valence-electron chi connectivity index (χ2n) is 12.5. The summed E-state index contributed by atoms with van der Waals surface area (Å²) in [5, 5.41) is 5.98. The number of hydrogen-bond acceptors (Lipinski definition) is 6. The van der Waals surface area contributed by atoms with Gasteiger partial charge in [-0.2, -0.15) is 0 Å². The Hall–Kier alpha value is -2.61. The first-order valence-corrected chi connectivity index (χ1v) is 13.5. The number of carbonyl (C=O) groups excluding carboxylic acids is 3. The number of amides is 2. The molecule has 3 rings (SSSR count). The van der Waals surface area contributed by atoms with Crippen LogP contribution in [0.3, 0.4) is 0 Å². The minimum Gasteiger partial charge on any atom is -0.449 e. The van der Waals surface area contributed by atoms with Gasteiger partial charge in [0.05, 0.1) is 12.6 Å². The Bertz CT molecular complexity index is 955. The summed E-state index contributed by atoms with van der Waals surface area (Å²) in [6.45, 7) is 14.5. The van der Waals surface area contributed by atoms with Crippen molar-refractivity contribution in [1.82, 2.24) is 15.5 Å². The van der Waals surface area contributed by atoms with E-state index in [1.165, 1.54) is 16.7 Å². The fourth-order valence-electron chi connectivity index (χ4n) is 4.69. The normalized spacial score (nSPS) is 20.3. The number of aldehydes is 1. The maximum absolute atomic E-state index is 12.7. The van der Waals surface area contributed by atoms with Crippen LogP contribution in [0.4, 0.5) is 9.59 Å². The molecule has 2 heterocycles. The monoisotopic (exact) mass is 515 g/mol. The number of carbonyl (C=O) groups is 3. The maximum Gasteiger partial charge on any atom is 0.410 e. The van der Waals surface area contributed by atoms with Gasteiger partial charge in [0.2, 0.25) is 0 Å². The average molecular weight is 516 g/mol. The van der Waals surface area contributed by atoms with Gasteiger partial charge < -0.3 is 24.9 Å². The molecule has 0 aliphatic carbocycles.